The van der Waals surface area contributed by atoms with Gasteiger partial charge in [0.05, 0.1) is 5.69 Å². The highest BCUT2D eigenvalue weighted by Gasteiger charge is 2.21. The maximum absolute atomic E-state index is 11.9. The van der Waals surface area contributed by atoms with Crippen molar-refractivity contribution in [3.05, 3.63) is 59.7 Å². The van der Waals surface area contributed by atoms with Crippen LogP contribution in [0.25, 0.3) is 0 Å². The number of aryl methyl sites for hydroxylation is 1. The van der Waals surface area contributed by atoms with Crippen LogP contribution in [0.15, 0.2) is 42.6 Å². The molecule has 4 heteroatoms. The molecule has 1 unspecified atom stereocenters. The average Bonchev–Trinajstić information content (AvgIpc) is 2.38. The Bertz CT molecular complexity index is 526. The van der Waals surface area contributed by atoms with E-state index in [1.54, 1.807) is 43.3 Å². The molecule has 0 aliphatic rings. The van der Waals surface area contributed by atoms with Crippen molar-refractivity contribution in [2.45, 2.75) is 13.0 Å². The second-order valence-corrected chi connectivity index (χ2v) is 3.69. The Hall–Kier alpha value is -2.07. The monoisotopic (exact) mass is 228 g/mol. The lowest BCUT2D eigenvalue weighted by atomic mass is 10.1. The van der Waals surface area contributed by atoms with Crippen molar-refractivity contribution < 1.29 is 9.90 Å². The summed E-state index contributed by atoms with van der Waals surface area (Å²) in [5.74, 6) is -0.438. The number of hydrogen-bond acceptors (Lipinski definition) is 4. The molecule has 0 saturated heterocycles. The van der Waals surface area contributed by atoms with Crippen LogP contribution in [-0.2, 0) is 0 Å². The van der Waals surface area contributed by atoms with Gasteiger partial charge in [-0.15, -0.1) is 0 Å². The van der Waals surface area contributed by atoms with Crippen LogP contribution in [0.1, 0.15) is 28.0 Å². The number of carbonyl (C=O) groups is 1. The molecular formula is C13H12N2O2. The smallest absolute Gasteiger partial charge is 0.215 e. The summed E-state index contributed by atoms with van der Waals surface area (Å²) < 4.78 is 0. The van der Waals surface area contributed by atoms with E-state index < -0.39 is 11.9 Å². The number of Topliss-reactive ketones (excluding diaryl/α,β-unsaturated/α-hetero) is 1. The molecule has 2 aromatic rings. The van der Waals surface area contributed by atoms with Crippen molar-refractivity contribution >= 4 is 5.78 Å². The highest BCUT2D eigenvalue weighted by Crippen LogP contribution is 2.14. The van der Waals surface area contributed by atoms with E-state index in [0.29, 0.717) is 5.69 Å². The number of ketones is 1. The van der Waals surface area contributed by atoms with Crippen molar-refractivity contribution in [3.63, 3.8) is 0 Å². The highest BCUT2D eigenvalue weighted by molar-refractivity contribution is 5.97. The molecule has 0 radical (unpaired) electrons. The van der Waals surface area contributed by atoms with E-state index in [0.717, 1.165) is 5.69 Å². The lowest BCUT2D eigenvalue weighted by Gasteiger charge is -2.08. The minimum absolute atomic E-state index is 0.253. The number of rotatable bonds is 3. The van der Waals surface area contributed by atoms with Gasteiger partial charge in [-0.05, 0) is 31.2 Å². The Morgan fingerprint density at radius 2 is 2.06 bits per heavy atom. The van der Waals surface area contributed by atoms with Crippen molar-refractivity contribution in [2.24, 2.45) is 0 Å². The van der Waals surface area contributed by atoms with Gasteiger partial charge >= 0.3 is 0 Å². The number of hydrogen-bond donors (Lipinski definition) is 1. The molecule has 4 nitrogen and oxygen atoms in total. The first-order valence-electron chi connectivity index (χ1n) is 5.25. The van der Waals surface area contributed by atoms with Crippen LogP contribution in [0.3, 0.4) is 0 Å². The predicted molar refractivity (Wildman–Crippen MR) is 62.5 cm³/mol. The van der Waals surface area contributed by atoms with Crippen LogP contribution >= 0.6 is 0 Å². The summed E-state index contributed by atoms with van der Waals surface area (Å²) in [6.45, 7) is 1.80. The predicted octanol–water partition coefficient (Wildman–Crippen LogP) is 1.70. The SMILES string of the molecule is Cc1cccc(C(=O)C(O)c2ccccn2)n1. The first kappa shape index (κ1) is 11.4. The lowest BCUT2D eigenvalue weighted by molar-refractivity contribution is 0.0734. The third-order valence-corrected chi connectivity index (χ3v) is 2.36. The quantitative estimate of drug-likeness (QED) is 0.812. The fourth-order valence-electron chi connectivity index (χ4n) is 1.49. The number of nitrogens with zero attached hydrogens (tertiary/aromatic N) is 2. The summed E-state index contributed by atoms with van der Waals surface area (Å²) in [7, 11) is 0. The summed E-state index contributed by atoms with van der Waals surface area (Å²) in [6, 6.07) is 10.2. The van der Waals surface area contributed by atoms with Crippen molar-refractivity contribution in [1.29, 1.82) is 0 Å². The minimum atomic E-state index is -1.26. The van der Waals surface area contributed by atoms with Gasteiger partial charge in [0.2, 0.25) is 5.78 Å². The molecule has 86 valence electrons. The molecule has 17 heavy (non-hydrogen) atoms. The van der Waals surface area contributed by atoms with E-state index in [-0.39, 0.29) is 5.69 Å². The zero-order valence-corrected chi connectivity index (χ0v) is 9.37. The Kier molecular flexibility index (Phi) is 3.25. The Morgan fingerprint density at radius 1 is 1.24 bits per heavy atom. The van der Waals surface area contributed by atoms with E-state index in [1.165, 1.54) is 6.20 Å². The molecule has 1 atom stereocenters. The van der Waals surface area contributed by atoms with E-state index in [2.05, 4.69) is 9.97 Å². The van der Waals surface area contributed by atoms with E-state index in [4.69, 9.17) is 0 Å². The second-order valence-electron chi connectivity index (χ2n) is 3.69. The number of aliphatic hydroxyl groups excluding tert-OH is 1. The summed E-state index contributed by atoms with van der Waals surface area (Å²) in [5, 5.41) is 9.88. The molecule has 2 aromatic heterocycles. The highest BCUT2D eigenvalue weighted by atomic mass is 16.3. The van der Waals surface area contributed by atoms with Crippen molar-refractivity contribution in [1.82, 2.24) is 9.97 Å². The van der Waals surface area contributed by atoms with Gasteiger partial charge in [-0.25, -0.2) is 4.98 Å². The Morgan fingerprint density at radius 3 is 2.71 bits per heavy atom. The van der Waals surface area contributed by atoms with E-state index in [9.17, 15) is 9.90 Å². The molecule has 0 aliphatic heterocycles. The van der Waals surface area contributed by atoms with Crippen LogP contribution < -0.4 is 0 Å². The van der Waals surface area contributed by atoms with Crippen LogP contribution in [0.4, 0.5) is 0 Å². The summed E-state index contributed by atoms with van der Waals surface area (Å²) in [4.78, 5) is 20.0. The van der Waals surface area contributed by atoms with E-state index in [1.807, 2.05) is 0 Å². The van der Waals surface area contributed by atoms with Gasteiger partial charge in [0.15, 0.2) is 6.10 Å². The van der Waals surface area contributed by atoms with Crippen LogP contribution in [0.5, 0.6) is 0 Å². The van der Waals surface area contributed by atoms with Gasteiger partial charge < -0.3 is 5.11 Å². The first-order chi connectivity index (χ1) is 8.18. The molecule has 0 amide bonds. The molecule has 0 aliphatic carbocycles. The standard InChI is InChI=1S/C13H12N2O2/c1-9-5-4-7-11(15-9)13(17)12(16)10-6-2-3-8-14-10/h2-8,12,16H,1H3. The molecule has 0 fully saturated rings. The van der Waals surface area contributed by atoms with Gasteiger partial charge in [-0.2, -0.15) is 0 Å². The fourth-order valence-corrected chi connectivity index (χ4v) is 1.49. The molecule has 0 saturated carbocycles. The first-order valence-corrected chi connectivity index (χ1v) is 5.25. The molecule has 1 N–H and O–H groups in total. The average molecular weight is 228 g/mol. The van der Waals surface area contributed by atoms with Gasteiger partial charge in [0, 0.05) is 11.9 Å². The van der Waals surface area contributed by atoms with Crippen LogP contribution in [-0.4, -0.2) is 20.9 Å². The Labute approximate surface area is 99.0 Å². The van der Waals surface area contributed by atoms with Crippen LogP contribution in [0.2, 0.25) is 0 Å². The minimum Gasteiger partial charge on any atom is -0.378 e. The summed E-state index contributed by atoms with van der Waals surface area (Å²) >= 11 is 0. The molecule has 2 heterocycles. The zero-order chi connectivity index (χ0) is 12.3. The summed E-state index contributed by atoms with van der Waals surface area (Å²) in [6.07, 6.45) is 0.278. The van der Waals surface area contributed by atoms with Crippen molar-refractivity contribution in [2.75, 3.05) is 0 Å². The van der Waals surface area contributed by atoms with Crippen LogP contribution in [0, 0.1) is 6.92 Å². The zero-order valence-electron chi connectivity index (χ0n) is 9.37. The molecule has 0 bridgehead atoms. The lowest BCUT2D eigenvalue weighted by Crippen LogP contribution is -2.15. The molecule has 2 rings (SSSR count). The summed E-state index contributed by atoms with van der Waals surface area (Å²) in [5.41, 5.74) is 1.33. The number of aliphatic hydroxyl groups is 1. The molecular weight excluding hydrogens is 216 g/mol. The third kappa shape index (κ3) is 2.54. The number of carbonyl (C=O) groups excluding carboxylic acids is 1. The van der Waals surface area contributed by atoms with Gasteiger partial charge in [-0.1, -0.05) is 12.1 Å². The molecule has 0 aromatic carbocycles. The topological polar surface area (TPSA) is 63.1 Å². The van der Waals surface area contributed by atoms with Gasteiger partial charge in [0.25, 0.3) is 0 Å². The molecule has 0 spiro atoms. The third-order valence-electron chi connectivity index (χ3n) is 2.36. The second kappa shape index (κ2) is 4.84. The van der Waals surface area contributed by atoms with Crippen molar-refractivity contribution in [3.8, 4) is 0 Å². The van der Waals surface area contributed by atoms with E-state index >= 15 is 0 Å². The number of pyridine rings is 2. The van der Waals surface area contributed by atoms with Gasteiger partial charge in [-0.3, -0.25) is 9.78 Å². The van der Waals surface area contributed by atoms with Gasteiger partial charge in [0.1, 0.15) is 5.69 Å². The number of aromatic nitrogens is 2. The maximum Gasteiger partial charge on any atom is 0.215 e. The normalized spacial score (nSPS) is 12.1. The fraction of sp³-hybridized carbons (Fsp3) is 0.154. The Balaban J connectivity index is 2.27. The maximum atomic E-state index is 11.9. The largest absolute Gasteiger partial charge is 0.378 e.